The number of alkyl halides is 3. The van der Waals surface area contributed by atoms with Crippen LogP contribution in [0.1, 0.15) is 5.89 Å². The standard InChI is InChI=1S/C11H9F3N2O2/c1-16(2)6-3-4-7-8(5-6)15-10(11(12,13)14)18-9(7)17/h3-5H,1-2H3. The van der Waals surface area contributed by atoms with Crippen molar-refractivity contribution in [1.29, 1.82) is 0 Å². The SMILES string of the molecule is CN(C)c1ccc2c(=O)oc(C(F)(F)F)nc2c1. The molecule has 0 atom stereocenters. The Morgan fingerprint density at radius 1 is 1.28 bits per heavy atom. The molecule has 18 heavy (non-hydrogen) atoms. The zero-order valence-corrected chi connectivity index (χ0v) is 9.58. The summed E-state index contributed by atoms with van der Waals surface area (Å²) in [7, 11) is 3.47. The van der Waals surface area contributed by atoms with E-state index in [2.05, 4.69) is 9.40 Å². The van der Waals surface area contributed by atoms with Crippen molar-refractivity contribution in [2.75, 3.05) is 19.0 Å². The fourth-order valence-electron chi connectivity index (χ4n) is 1.46. The van der Waals surface area contributed by atoms with Gasteiger partial charge < -0.3 is 9.32 Å². The first-order valence-electron chi connectivity index (χ1n) is 4.98. The molecular formula is C11H9F3N2O2. The van der Waals surface area contributed by atoms with Crippen molar-refractivity contribution in [3.8, 4) is 0 Å². The quantitative estimate of drug-likeness (QED) is 0.787. The molecule has 0 aliphatic rings. The van der Waals surface area contributed by atoms with Crippen molar-refractivity contribution >= 4 is 16.6 Å². The third-order valence-corrected chi connectivity index (χ3v) is 2.37. The molecule has 7 heteroatoms. The number of aromatic nitrogens is 1. The molecule has 1 aromatic heterocycles. The van der Waals surface area contributed by atoms with Crippen LogP contribution in [0.2, 0.25) is 0 Å². The number of rotatable bonds is 1. The number of hydrogen-bond acceptors (Lipinski definition) is 4. The summed E-state index contributed by atoms with van der Waals surface area (Å²) in [5.74, 6) is -1.53. The van der Waals surface area contributed by atoms with Gasteiger partial charge in [0.05, 0.1) is 10.9 Å². The molecule has 96 valence electrons. The van der Waals surface area contributed by atoms with Gasteiger partial charge in [-0.15, -0.1) is 0 Å². The fraction of sp³-hybridized carbons (Fsp3) is 0.273. The summed E-state index contributed by atoms with van der Waals surface area (Å²) in [4.78, 5) is 16.4. The second-order valence-electron chi connectivity index (χ2n) is 3.90. The molecule has 0 aliphatic heterocycles. The lowest BCUT2D eigenvalue weighted by atomic mass is 10.2. The molecule has 0 bridgehead atoms. The first-order valence-corrected chi connectivity index (χ1v) is 4.98. The zero-order chi connectivity index (χ0) is 13.5. The van der Waals surface area contributed by atoms with E-state index in [1.807, 2.05) is 0 Å². The average molecular weight is 258 g/mol. The Labute approximate surface area is 99.7 Å². The molecule has 0 unspecified atom stereocenters. The highest BCUT2D eigenvalue weighted by molar-refractivity contribution is 5.81. The average Bonchev–Trinajstić information content (AvgIpc) is 2.26. The molecule has 1 heterocycles. The van der Waals surface area contributed by atoms with Crippen LogP contribution in [-0.2, 0) is 6.18 Å². The number of fused-ring (bicyclic) bond motifs is 1. The zero-order valence-electron chi connectivity index (χ0n) is 9.58. The Morgan fingerprint density at radius 2 is 1.94 bits per heavy atom. The maximum Gasteiger partial charge on any atom is 0.469 e. The predicted octanol–water partition coefficient (Wildman–Crippen LogP) is 2.27. The van der Waals surface area contributed by atoms with Crippen molar-refractivity contribution in [2.24, 2.45) is 0 Å². The van der Waals surface area contributed by atoms with E-state index in [9.17, 15) is 18.0 Å². The van der Waals surface area contributed by atoms with Crippen molar-refractivity contribution < 1.29 is 17.6 Å². The summed E-state index contributed by atoms with van der Waals surface area (Å²) in [5, 5.41) is 0.0219. The highest BCUT2D eigenvalue weighted by atomic mass is 19.4. The van der Waals surface area contributed by atoms with Gasteiger partial charge in [0.2, 0.25) is 0 Å². The first-order chi connectivity index (χ1) is 8.29. The van der Waals surface area contributed by atoms with E-state index in [-0.39, 0.29) is 10.9 Å². The summed E-state index contributed by atoms with van der Waals surface area (Å²) in [6.45, 7) is 0. The van der Waals surface area contributed by atoms with E-state index in [1.54, 1.807) is 25.1 Å². The molecule has 0 saturated carbocycles. The number of benzene rings is 1. The van der Waals surface area contributed by atoms with Crippen molar-refractivity contribution in [2.45, 2.75) is 6.18 Å². The fourth-order valence-corrected chi connectivity index (χ4v) is 1.46. The summed E-state index contributed by atoms with van der Waals surface area (Å²) in [6.07, 6.45) is -4.78. The molecule has 4 nitrogen and oxygen atoms in total. The molecule has 0 saturated heterocycles. The van der Waals surface area contributed by atoms with Gasteiger partial charge in [-0.2, -0.15) is 13.2 Å². The normalized spacial score (nSPS) is 11.8. The van der Waals surface area contributed by atoms with Crippen molar-refractivity contribution in [3.05, 3.63) is 34.5 Å². The monoisotopic (exact) mass is 258 g/mol. The van der Waals surface area contributed by atoms with E-state index < -0.39 is 17.7 Å². The van der Waals surface area contributed by atoms with Crippen LogP contribution >= 0.6 is 0 Å². The summed E-state index contributed by atoms with van der Waals surface area (Å²) >= 11 is 0. The van der Waals surface area contributed by atoms with Crippen LogP contribution in [-0.4, -0.2) is 19.1 Å². The minimum absolute atomic E-state index is 0.0219. The summed E-state index contributed by atoms with van der Waals surface area (Å²) < 4.78 is 41.5. The van der Waals surface area contributed by atoms with Crippen LogP contribution in [0, 0.1) is 0 Å². The second-order valence-corrected chi connectivity index (χ2v) is 3.90. The molecular weight excluding hydrogens is 249 g/mol. The topological polar surface area (TPSA) is 46.3 Å². The Bertz CT molecular complexity index is 647. The Balaban J connectivity index is 2.73. The number of halogens is 3. The molecule has 0 radical (unpaired) electrons. The maximum absolute atomic E-state index is 12.4. The van der Waals surface area contributed by atoms with Gasteiger partial charge in [0, 0.05) is 19.8 Å². The van der Waals surface area contributed by atoms with Gasteiger partial charge in [-0.3, -0.25) is 0 Å². The largest absolute Gasteiger partial charge is 0.469 e. The minimum Gasteiger partial charge on any atom is -0.398 e. The van der Waals surface area contributed by atoms with Gasteiger partial charge in [0.15, 0.2) is 0 Å². The van der Waals surface area contributed by atoms with Gasteiger partial charge in [-0.25, -0.2) is 9.78 Å². The van der Waals surface area contributed by atoms with Crippen LogP contribution in [0.5, 0.6) is 0 Å². The van der Waals surface area contributed by atoms with Gasteiger partial charge >= 0.3 is 17.7 Å². The van der Waals surface area contributed by atoms with E-state index in [1.165, 1.54) is 12.1 Å². The molecule has 0 N–H and O–H groups in total. The summed E-state index contributed by atoms with van der Waals surface area (Å²) in [5.41, 5.74) is -0.434. The molecule has 0 fully saturated rings. The van der Waals surface area contributed by atoms with Crippen LogP contribution in [0.15, 0.2) is 27.4 Å². The molecule has 2 aromatic rings. The van der Waals surface area contributed by atoms with E-state index in [4.69, 9.17) is 0 Å². The van der Waals surface area contributed by atoms with E-state index >= 15 is 0 Å². The van der Waals surface area contributed by atoms with E-state index in [0.717, 1.165) is 0 Å². The highest BCUT2D eigenvalue weighted by Crippen LogP contribution is 2.28. The molecule has 1 aromatic carbocycles. The first kappa shape index (κ1) is 12.4. The van der Waals surface area contributed by atoms with Gasteiger partial charge in [-0.05, 0) is 18.2 Å². The van der Waals surface area contributed by atoms with Crippen LogP contribution in [0.3, 0.4) is 0 Å². The Kier molecular flexibility index (Phi) is 2.76. The van der Waals surface area contributed by atoms with Crippen molar-refractivity contribution in [1.82, 2.24) is 4.98 Å². The lowest BCUT2D eigenvalue weighted by Crippen LogP contribution is -2.14. The van der Waals surface area contributed by atoms with Gasteiger partial charge in [0.25, 0.3) is 0 Å². The number of anilines is 1. The third-order valence-electron chi connectivity index (χ3n) is 2.37. The lowest BCUT2D eigenvalue weighted by Gasteiger charge is -2.12. The molecule has 0 spiro atoms. The molecule has 0 amide bonds. The molecule has 0 aliphatic carbocycles. The van der Waals surface area contributed by atoms with Crippen LogP contribution < -0.4 is 10.5 Å². The lowest BCUT2D eigenvalue weighted by molar-refractivity contribution is -0.158. The Hall–Kier alpha value is -2.05. The van der Waals surface area contributed by atoms with Gasteiger partial charge in [0.1, 0.15) is 0 Å². The Morgan fingerprint density at radius 3 is 2.50 bits per heavy atom. The van der Waals surface area contributed by atoms with Crippen molar-refractivity contribution in [3.63, 3.8) is 0 Å². The van der Waals surface area contributed by atoms with Crippen LogP contribution in [0.25, 0.3) is 10.9 Å². The minimum atomic E-state index is -4.78. The molecule has 2 rings (SSSR count). The second kappa shape index (κ2) is 4.01. The van der Waals surface area contributed by atoms with Gasteiger partial charge in [-0.1, -0.05) is 0 Å². The third kappa shape index (κ3) is 2.15. The van der Waals surface area contributed by atoms with E-state index in [0.29, 0.717) is 5.69 Å². The predicted molar refractivity (Wildman–Crippen MR) is 59.6 cm³/mol. The highest BCUT2D eigenvalue weighted by Gasteiger charge is 2.37. The maximum atomic E-state index is 12.4. The smallest absolute Gasteiger partial charge is 0.398 e. The number of hydrogen-bond donors (Lipinski definition) is 0. The number of nitrogens with zero attached hydrogens (tertiary/aromatic N) is 2. The summed E-state index contributed by atoms with van der Waals surface area (Å²) in [6, 6.07) is 4.40. The van der Waals surface area contributed by atoms with Crippen LogP contribution in [0.4, 0.5) is 18.9 Å².